The van der Waals surface area contributed by atoms with Crippen molar-refractivity contribution in [3.63, 3.8) is 0 Å². The Morgan fingerprint density at radius 2 is 1.91 bits per heavy atom. The number of carbonyl (C=O) groups is 1. The maximum atomic E-state index is 12.3. The van der Waals surface area contributed by atoms with Crippen molar-refractivity contribution in [1.82, 2.24) is 20.1 Å². The van der Waals surface area contributed by atoms with Crippen LogP contribution in [0.3, 0.4) is 0 Å². The lowest BCUT2D eigenvalue weighted by atomic mass is 10.0. The average molecular weight is 493 g/mol. The number of hydrogen-bond donors (Lipinski definition) is 1. The molecule has 0 amide bonds. The molecule has 2 aliphatic heterocycles. The largest absolute Gasteiger partial charge is 0.465 e. The van der Waals surface area contributed by atoms with Crippen LogP contribution in [0.2, 0.25) is 0 Å². The van der Waals surface area contributed by atoms with E-state index in [1.165, 1.54) is 7.11 Å². The average Bonchev–Trinajstić information content (AvgIpc) is 3.52. The molecule has 2 saturated heterocycles. The van der Waals surface area contributed by atoms with Crippen molar-refractivity contribution in [2.45, 2.75) is 12.1 Å². The predicted octanol–water partition coefficient (Wildman–Crippen LogP) is 3.43. The van der Waals surface area contributed by atoms with Gasteiger partial charge < -0.3 is 24.1 Å². The second kappa shape index (κ2) is 10.6. The van der Waals surface area contributed by atoms with E-state index in [1.54, 1.807) is 12.3 Å². The molecule has 2 atom stereocenters. The molecule has 2 unspecified atom stereocenters. The highest BCUT2D eigenvalue weighted by atomic mass is 32.1. The summed E-state index contributed by atoms with van der Waals surface area (Å²) in [5, 5.41) is 4.13. The van der Waals surface area contributed by atoms with Gasteiger partial charge in [-0.25, -0.2) is 4.79 Å². The van der Waals surface area contributed by atoms with Crippen molar-refractivity contribution in [3.8, 4) is 11.3 Å². The molecular weight excluding hydrogens is 464 g/mol. The SMILES string of the molecule is COC(=O)c1ccccc1-c1ccc(C2C(c3ccccn3)NC(=S)N2CCN2CCOCC2)o1. The second-order valence-electron chi connectivity index (χ2n) is 8.51. The highest BCUT2D eigenvalue weighted by Gasteiger charge is 2.41. The fourth-order valence-electron chi connectivity index (χ4n) is 4.67. The van der Waals surface area contributed by atoms with Crippen LogP contribution < -0.4 is 5.32 Å². The number of morpholine rings is 1. The van der Waals surface area contributed by atoms with Crippen LogP contribution in [0.15, 0.2) is 65.2 Å². The molecule has 3 aromatic rings. The van der Waals surface area contributed by atoms with Gasteiger partial charge in [-0.15, -0.1) is 0 Å². The predicted molar refractivity (Wildman–Crippen MR) is 135 cm³/mol. The lowest BCUT2D eigenvalue weighted by molar-refractivity contribution is 0.0347. The van der Waals surface area contributed by atoms with Crippen LogP contribution in [0.25, 0.3) is 11.3 Å². The number of rotatable bonds is 7. The van der Waals surface area contributed by atoms with Crippen LogP contribution in [-0.2, 0) is 9.47 Å². The van der Waals surface area contributed by atoms with Crippen molar-refractivity contribution in [3.05, 3.63) is 77.8 Å². The van der Waals surface area contributed by atoms with Crippen molar-refractivity contribution in [2.75, 3.05) is 46.5 Å². The van der Waals surface area contributed by atoms with Gasteiger partial charge in [-0.05, 0) is 42.5 Å². The fraction of sp³-hybridized carbons (Fsp3) is 0.346. The third-order valence-electron chi connectivity index (χ3n) is 6.47. The summed E-state index contributed by atoms with van der Waals surface area (Å²) in [4.78, 5) is 21.5. The molecular formula is C26H28N4O4S. The van der Waals surface area contributed by atoms with Gasteiger partial charge in [0.15, 0.2) is 5.11 Å². The highest BCUT2D eigenvalue weighted by Crippen LogP contribution is 2.40. The first-order valence-electron chi connectivity index (χ1n) is 11.7. The lowest BCUT2D eigenvalue weighted by Crippen LogP contribution is -2.42. The molecule has 1 aromatic carbocycles. The zero-order valence-electron chi connectivity index (χ0n) is 19.6. The van der Waals surface area contributed by atoms with Crippen LogP contribution >= 0.6 is 12.2 Å². The molecule has 4 heterocycles. The third kappa shape index (κ3) is 4.93. The van der Waals surface area contributed by atoms with E-state index >= 15 is 0 Å². The smallest absolute Gasteiger partial charge is 0.338 e. The highest BCUT2D eigenvalue weighted by molar-refractivity contribution is 7.80. The molecule has 2 aliphatic rings. The Balaban J connectivity index is 1.47. The van der Waals surface area contributed by atoms with Gasteiger partial charge >= 0.3 is 5.97 Å². The molecule has 0 bridgehead atoms. The number of thiocarbonyl (C=S) groups is 1. The minimum absolute atomic E-state index is 0.164. The molecule has 182 valence electrons. The number of ether oxygens (including phenoxy) is 2. The van der Waals surface area contributed by atoms with Gasteiger partial charge in [-0.1, -0.05) is 24.3 Å². The monoisotopic (exact) mass is 492 g/mol. The summed E-state index contributed by atoms with van der Waals surface area (Å²) in [6, 6.07) is 16.7. The number of nitrogens with one attached hydrogen (secondary N) is 1. The van der Waals surface area contributed by atoms with Gasteiger partial charge in [0.05, 0.1) is 37.6 Å². The van der Waals surface area contributed by atoms with E-state index in [-0.39, 0.29) is 12.1 Å². The fourth-order valence-corrected chi connectivity index (χ4v) is 5.00. The minimum Gasteiger partial charge on any atom is -0.465 e. The molecule has 0 aliphatic carbocycles. The number of carbonyl (C=O) groups excluding carboxylic acids is 1. The van der Waals surface area contributed by atoms with Gasteiger partial charge in [0.2, 0.25) is 0 Å². The van der Waals surface area contributed by atoms with Crippen molar-refractivity contribution in [2.24, 2.45) is 0 Å². The van der Waals surface area contributed by atoms with Crippen LogP contribution in [0.4, 0.5) is 0 Å². The van der Waals surface area contributed by atoms with E-state index < -0.39 is 5.97 Å². The number of methoxy groups -OCH3 is 1. The maximum Gasteiger partial charge on any atom is 0.338 e. The number of aromatic nitrogens is 1. The quantitative estimate of drug-likeness (QED) is 0.394. The van der Waals surface area contributed by atoms with Gasteiger partial charge in [0.25, 0.3) is 0 Å². The summed E-state index contributed by atoms with van der Waals surface area (Å²) < 4.78 is 16.9. The number of benzene rings is 1. The standard InChI is InChI=1S/C26H28N4O4S/c1-32-25(31)19-7-3-2-6-18(19)21-9-10-22(34-21)24-23(20-8-4-5-11-27-20)28-26(35)30(24)13-12-29-14-16-33-17-15-29/h2-11,23-24H,12-17H2,1H3,(H,28,35). The van der Waals surface area contributed by atoms with E-state index in [2.05, 4.69) is 20.1 Å². The first-order valence-corrected chi connectivity index (χ1v) is 12.1. The first kappa shape index (κ1) is 23.5. The molecule has 1 N–H and O–H groups in total. The van der Waals surface area contributed by atoms with Gasteiger partial charge in [-0.3, -0.25) is 9.88 Å². The number of furan rings is 1. The molecule has 2 fully saturated rings. The van der Waals surface area contributed by atoms with E-state index in [9.17, 15) is 4.79 Å². The first-order chi connectivity index (χ1) is 17.2. The summed E-state index contributed by atoms with van der Waals surface area (Å²) in [6.07, 6.45) is 1.79. The van der Waals surface area contributed by atoms with Crippen molar-refractivity contribution in [1.29, 1.82) is 0 Å². The van der Waals surface area contributed by atoms with Crippen LogP contribution in [0.5, 0.6) is 0 Å². The van der Waals surface area contributed by atoms with Gasteiger partial charge in [-0.2, -0.15) is 0 Å². The Hall–Kier alpha value is -3.27. The Kier molecular flexibility index (Phi) is 7.08. The maximum absolute atomic E-state index is 12.3. The summed E-state index contributed by atoms with van der Waals surface area (Å²) in [5.74, 6) is 0.956. The summed E-state index contributed by atoms with van der Waals surface area (Å²) >= 11 is 5.77. The number of pyridine rings is 1. The molecule has 9 heteroatoms. The summed E-state index contributed by atoms with van der Waals surface area (Å²) in [5.41, 5.74) is 2.04. The van der Waals surface area contributed by atoms with Crippen molar-refractivity contribution >= 4 is 23.3 Å². The van der Waals surface area contributed by atoms with Crippen molar-refractivity contribution < 1.29 is 18.7 Å². The van der Waals surface area contributed by atoms with Gasteiger partial charge in [0.1, 0.15) is 17.6 Å². The van der Waals surface area contributed by atoms with E-state index in [4.69, 9.17) is 26.1 Å². The van der Waals surface area contributed by atoms with E-state index in [0.29, 0.717) is 22.0 Å². The van der Waals surface area contributed by atoms with Gasteiger partial charge in [0, 0.05) is 37.9 Å². The summed E-state index contributed by atoms with van der Waals surface area (Å²) in [6.45, 7) is 4.95. The summed E-state index contributed by atoms with van der Waals surface area (Å²) in [7, 11) is 1.38. The zero-order chi connectivity index (χ0) is 24.2. The molecule has 35 heavy (non-hydrogen) atoms. The number of hydrogen-bond acceptors (Lipinski definition) is 7. The van der Waals surface area contributed by atoms with Crippen LogP contribution in [0, 0.1) is 0 Å². The molecule has 5 rings (SSSR count). The second-order valence-corrected chi connectivity index (χ2v) is 8.90. The Labute approximate surface area is 209 Å². The van der Waals surface area contributed by atoms with Crippen LogP contribution in [-0.4, -0.2) is 72.4 Å². The zero-order valence-corrected chi connectivity index (χ0v) is 20.4. The molecule has 0 saturated carbocycles. The van der Waals surface area contributed by atoms with E-state index in [0.717, 1.165) is 50.8 Å². The Morgan fingerprint density at radius 3 is 2.69 bits per heavy atom. The Morgan fingerprint density at radius 1 is 1.11 bits per heavy atom. The number of esters is 1. The third-order valence-corrected chi connectivity index (χ3v) is 6.83. The molecule has 0 spiro atoms. The number of nitrogens with zero attached hydrogens (tertiary/aromatic N) is 3. The topological polar surface area (TPSA) is 80.1 Å². The lowest BCUT2D eigenvalue weighted by Gasteiger charge is -2.31. The van der Waals surface area contributed by atoms with E-state index in [1.807, 2.05) is 48.5 Å². The Bertz CT molecular complexity index is 1180. The van der Waals surface area contributed by atoms with Crippen LogP contribution in [0.1, 0.15) is 33.9 Å². The molecule has 2 aromatic heterocycles. The normalized spacial score (nSPS) is 20.6. The molecule has 8 nitrogen and oxygen atoms in total. The minimum atomic E-state index is -0.402. The molecule has 0 radical (unpaired) electrons.